The molecule has 0 unspecified atom stereocenters. The first-order valence-electron chi connectivity index (χ1n) is 11.6. The van der Waals surface area contributed by atoms with Crippen LogP contribution < -0.4 is 24.4 Å². The summed E-state index contributed by atoms with van der Waals surface area (Å²) in [7, 11) is 3.13. The largest absolute Gasteiger partial charge is 0.496 e. The number of fused-ring (bicyclic) bond motifs is 1. The number of esters is 1. The summed E-state index contributed by atoms with van der Waals surface area (Å²) >= 11 is 7.46. The van der Waals surface area contributed by atoms with Gasteiger partial charge in [-0.25, -0.2) is 9.79 Å². The van der Waals surface area contributed by atoms with Gasteiger partial charge in [0.25, 0.3) is 5.56 Å². The molecule has 0 aliphatic carbocycles. The molecule has 3 aromatic rings. The molecule has 36 heavy (non-hydrogen) atoms. The van der Waals surface area contributed by atoms with E-state index in [4.69, 9.17) is 30.8 Å². The molecule has 0 spiro atoms. The van der Waals surface area contributed by atoms with Gasteiger partial charge >= 0.3 is 5.97 Å². The van der Waals surface area contributed by atoms with E-state index in [1.165, 1.54) is 11.3 Å². The first-order chi connectivity index (χ1) is 17.4. The summed E-state index contributed by atoms with van der Waals surface area (Å²) in [5.41, 5.74) is 2.03. The summed E-state index contributed by atoms with van der Waals surface area (Å²) in [6, 6.07) is 11.8. The van der Waals surface area contributed by atoms with E-state index in [9.17, 15) is 9.59 Å². The molecule has 0 saturated carbocycles. The normalized spacial score (nSPS) is 15.4. The first kappa shape index (κ1) is 25.7. The average Bonchev–Trinajstić information content (AvgIpc) is 3.18. The number of benzene rings is 2. The lowest BCUT2D eigenvalue weighted by atomic mass is 9.93. The van der Waals surface area contributed by atoms with Gasteiger partial charge in [0.05, 0.1) is 36.6 Å². The number of hydrogen-bond acceptors (Lipinski definition) is 7. The highest BCUT2D eigenvalue weighted by molar-refractivity contribution is 7.07. The van der Waals surface area contributed by atoms with E-state index < -0.39 is 12.0 Å². The quantitative estimate of drug-likeness (QED) is 0.410. The summed E-state index contributed by atoms with van der Waals surface area (Å²) in [4.78, 5) is 32.4. The predicted octanol–water partition coefficient (Wildman–Crippen LogP) is 4.25. The second-order valence-corrected chi connectivity index (χ2v) is 9.49. The van der Waals surface area contributed by atoms with Gasteiger partial charge in [-0.3, -0.25) is 9.36 Å². The first-order valence-corrected chi connectivity index (χ1v) is 12.8. The molecule has 0 bridgehead atoms. The van der Waals surface area contributed by atoms with E-state index in [0.29, 0.717) is 54.7 Å². The molecule has 0 amide bonds. The third-order valence-corrected chi connectivity index (χ3v) is 7.02. The summed E-state index contributed by atoms with van der Waals surface area (Å²) in [5, 5.41) is 0.525. The van der Waals surface area contributed by atoms with Crippen molar-refractivity contribution >= 4 is 35.0 Å². The smallest absolute Gasteiger partial charge is 0.338 e. The second-order valence-electron chi connectivity index (χ2n) is 8.04. The van der Waals surface area contributed by atoms with Crippen molar-refractivity contribution in [2.45, 2.75) is 32.7 Å². The maximum atomic E-state index is 13.9. The number of halogens is 1. The predicted molar refractivity (Wildman–Crippen MR) is 141 cm³/mol. The van der Waals surface area contributed by atoms with Crippen molar-refractivity contribution in [1.82, 2.24) is 4.57 Å². The van der Waals surface area contributed by atoms with Crippen molar-refractivity contribution in [2.24, 2.45) is 4.99 Å². The lowest BCUT2D eigenvalue weighted by Crippen LogP contribution is -2.40. The van der Waals surface area contributed by atoms with Crippen LogP contribution in [0.4, 0.5) is 0 Å². The third kappa shape index (κ3) is 4.83. The molecule has 0 radical (unpaired) electrons. The van der Waals surface area contributed by atoms with Gasteiger partial charge in [0.2, 0.25) is 0 Å². The highest BCUT2D eigenvalue weighted by Crippen LogP contribution is 2.36. The monoisotopic (exact) mass is 526 g/mol. The molecular formula is C27H27ClN2O5S. The van der Waals surface area contributed by atoms with Gasteiger partial charge in [-0.15, -0.1) is 0 Å². The Morgan fingerprint density at radius 3 is 2.58 bits per heavy atom. The zero-order chi connectivity index (χ0) is 25.8. The number of carbonyl (C=O) groups excluding carboxylic acids is 1. The summed E-state index contributed by atoms with van der Waals surface area (Å²) in [6.07, 6.45) is 3.07. The van der Waals surface area contributed by atoms with Crippen molar-refractivity contribution in [3.8, 4) is 11.5 Å². The molecule has 7 nitrogen and oxygen atoms in total. The minimum absolute atomic E-state index is 0.208. The van der Waals surface area contributed by atoms with Crippen LogP contribution in [0.15, 0.2) is 63.5 Å². The minimum atomic E-state index is -0.749. The number of methoxy groups -OCH3 is 2. The Morgan fingerprint density at radius 1 is 1.14 bits per heavy atom. The fourth-order valence-corrected chi connectivity index (χ4v) is 5.46. The molecule has 0 fully saturated rings. The van der Waals surface area contributed by atoms with Crippen LogP contribution in [-0.2, 0) is 9.53 Å². The standard InChI is InChI=1S/C27H27ClN2O5S/c1-5-9-19-23(26(32)35-6-2)24(18-10-7-8-11-21(18)34-4)30-25(31)22(36-27(30)29-19)15-16-14-17(28)12-13-20(16)33-3/h7-8,10-15,24H,5-6,9H2,1-4H3/b22-15-/t24-/m0/s1. The molecule has 0 N–H and O–H groups in total. The van der Waals surface area contributed by atoms with Gasteiger partial charge in [0.15, 0.2) is 4.80 Å². The number of hydrogen-bond donors (Lipinski definition) is 0. The van der Waals surface area contributed by atoms with Crippen LogP contribution in [-0.4, -0.2) is 31.4 Å². The van der Waals surface area contributed by atoms with Crippen molar-refractivity contribution in [1.29, 1.82) is 0 Å². The Kier molecular flexibility index (Phi) is 7.96. The number of ether oxygens (including phenoxy) is 3. The highest BCUT2D eigenvalue weighted by Gasteiger charge is 2.35. The van der Waals surface area contributed by atoms with Crippen molar-refractivity contribution in [3.63, 3.8) is 0 Å². The molecule has 1 aromatic heterocycles. The number of aromatic nitrogens is 1. The number of rotatable bonds is 8. The second kappa shape index (κ2) is 11.1. The van der Waals surface area contributed by atoms with E-state index in [0.717, 1.165) is 6.42 Å². The van der Waals surface area contributed by atoms with Crippen LogP contribution in [0.25, 0.3) is 6.08 Å². The van der Waals surface area contributed by atoms with Gasteiger partial charge in [0.1, 0.15) is 17.5 Å². The SMILES string of the molecule is CCCC1=C(C(=O)OCC)[C@H](c2ccccc2OC)n2c(s/c(=C\c3cc(Cl)ccc3OC)c2=O)=N1. The van der Waals surface area contributed by atoms with Gasteiger partial charge in [0, 0.05) is 16.1 Å². The molecule has 9 heteroatoms. The van der Waals surface area contributed by atoms with Gasteiger partial charge in [-0.2, -0.15) is 0 Å². The molecule has 1 aliphatic rings. The van der Waals surface area contributed by atoms with Gasteiger partial charge < -0.3 is 14.2 Å². The van der Waals surface area contributed by atoms with Crippen LogP contribution in [0.1, 0.15) is 43.9 Å². The van der Waals surface area contributed by atoms with Gasteiger partial charge in [-0.1, -0.05) is 54.5 Å². The van der Waals surface area contributed by atoms with Crippen LogP contribution in [0.2, 0.25) is 5.02 Å². The lowest BCUT2D eigenvalue weighted by molar-refractivity contribution is -0.139. The van der Waals surface area contributed by atoms with Crippen LogP contribution in [0.5, 0.6) is 11.5 Å². The molecule has 188 valence electrons. The molecule has 2 aromatic carbocycles. The van der Waals surface area contributed by atoms with Gasteiger partial charge in [-0.05, 0) is 43.7 Å². The Bertz CT molecular complexity index is 1510. The molecular weight excluding hydrogens is 500 g/mol. The number of allylic oxidation sites excluding steroid dienone is 1. The summed E-state index contributed by atoms with van der Waals surface area (Å²) in [5.74, 6) is 0.657. The van der Waals surface area contributed by atoms with E-state index in [2.05, 4.69) is 0 Å². The average molecular weight is 527 g/mol. The van der Waals surface area contributed by atoms with Crippen molar-refractivity contribution < 1.29 is 19.0 Å². The van der Waals surface area contributed by atoms with Crippen LogP contribution >= 0.6 is 22.9 Å². The third-order valence-electron chi connectivity index (χ3n) is 5.80. The zero-order valence-electron chi connectivity index (χ0n) is 20.5. The van der Waals surface area contributed by atoms with E-state index in [1.807, 2.05) is 31.2 Å². The molecule has 1 aliphatic heterocycles. The Balaban J connectivity index is 2.05. The topological polar surface area (TPSA) is 79.1 Å². The number of para-hydroxylation sites is 1. The van der Waals surface area contributed by atoms with E-state index in [-0.39, 0.29) is 12.2 Å². The molecule has 0 saturated heterocycles. The highest BCUT2D eigenvalue weighted by atomic mass is 35.5. The maximum Gasteiger partial charge on any atom is 0.338 e. The minimum Gasteiger partial charge on any atom is -0.496 e. The lowest BCUT2D eigenvalue weighted by Gasteiger charge is -2.26. The summed E-state index contributed by atoms with van der Waals surface area (Å²) < 4.78 is 18.5. The maximum absolute atomic E-state index is 13.9. The zero-order valence-corrected chi connectivity index (χ0v) is 22.1. The van der Waals surface area contributed by atoms with Crippen molar-refractivity contribution in [3.05, 3.63) is 89.6 Å². The number of carbonyl (C=O) groups is 1. The number of nitrogens with zero attached hydrogens (tertiary/aromatic N) is 2. The van der Waals surface area contributed by atoms with Crippen molar-refractivity contribution in [2.75, 3.05) is 20.8 Å². The van der Waals surface area contributed by atoms with E-state index >= 15 is 0 Å². The summed E-state index contributed by atoms with van der Waals surface area (Å²) in [6.45, 7) is 3.98. The molecule has 4 rings (SSSR count). The number of thiazole rings is 1. The molecule has 2 heterocycles. The fraction of sp³-hybridized carbons (Fsp3) is 0.296. The Morgan fingerprint density at radius 2 is 1.89 bits per heavy atom. The van der Waals surface area contributed by atoms with Crippen LogP contribution in [0.3, 0.4) is 0 Å². The fourth-order valence-electron chi connectivity index (χ4n) is 4.27. The molecule has 1 atom stereocenters. The Labute approximate surface area is 217 Å². The van der Waals surface area contributed by atoms with E-state index in [1.54, 1.807) is 50.0 Å². The van der Waals surface area contributed by atoms with Crippen LogP contribution in [0, 0.1) is 0 Å². The Hall–Kier alpha value is -3.36.